The largest absolute Gasteiger partial charge is 0.487 e. The number of aliphatic hydroxyl groups excluding tert-OH is 1. The first kappa shape index (κ1) is 14.3. The van der Waals surface area contributed by atoms with E-state index >= 15 is 0 Å². The molecular weight excluding hydrogens is 252 g/mol. The number of aliphatic hydroxyl groups is 1. The number of nitrogen functional groups attached to an aromatic ring is 1. The Labute approximate surface area is 119 Å². The van der Waals surface area contributed by atoms with Gasteiger partial charge in [-0.2, -0.15) is 0 Å². The molecule has 0 radical (unpaired) electrons. The van der Waals surface area contributed by atoms with Crippen LogP contribution in [-0.2, 0) is 19.6 Å². The molecule has 0 spiro atoms. The second-order valence-corrected chi connectivity index (χ2v) is 4.72. The molecule has 3 N–H and O–H groups in total. The van der Waals surface area contributed by atoms with E-state index in [1.165, 1.54) is 0 Å². The van der Waals surface area contributed by atoms with Crippen molar-refractivity contribution in [1.82, 2.24) is 4.98 Å². The first-order valence-electron chi connectivity index (χ1n) is 6.71. The molecule has 0 amide bonds. The lowest BCUT2D eigenvalue weighted by Gasteiger charge is -2.15. The highest BCUT2D eigenvalue weighted by molar-refractivity contribution is 5.43. The van der Waals surface area contributed by atoms with Crippen molar-refractivity contribution < 1.29 is 9.84 Å². The van der Waals surface area contributed by atoms with E-state index in [0.29, 0.717) is 6.61 Å². The monoisotopic (exact) mass is 272 g/mol. The van der Waals surface area contributed by atoms with E-state index in [1.54, 1.807) is 6.20 Å². The minimum atomic E-state index is -0.0227. The van der Waals surface area contributed by atoms with Crippen molar-refractivity contribution in [3.63, 3.8) is 0 Å². The van der Waals surface area contributed by atoms with Crippen LogP contribution in [0.2, 0.25) is 0 Å². The molecule has 0 saturated heterocycles. The summed E-state index contributed by atoms with van der Waals surface area (Å²) in [6.45, 7) is 4.37. The summed E-state index contributed by atoms with van der Waals surface area (Å²) in [7, 11) is 0. The molecule has 0 aliphatic rings. The van der Waals surface area contributed by atoms with Gasteiger partial charge >= 0.3 is 0 Å². The van der Waals surface area contributed by atoms with Gasteiger partial charge in [-0.25, -0.2) is 0 Å². The van der Waals surface area contributed by atoms with Crippen molar-refractivity contribution in [1.29, 1.82) is 0 Å². The third-order valence-electron chi connectivity index (χ3n) is 3.26. The van der Waals surface area contributed by atoms with Gasteiger partial charge in [0.2, 0.25) is 0 Å². The minimum absolute atomic E-state index is 0.0227. The summed E-state index contributed by atoms with van der Waals surface area (Å²) in [6.07, 6.45) is 2.51. The number of hydrogen-bond donors (Lipinski definition) is 2. The van der Waals surface area contributed by atoms with E-state index in [1.807, 2.05) is 38.1 Å². The Bertz CT molecular complexity index is 597. The standard InChI is InChI=1S/C16H20N2O2/c1-3-15-13(9-19)8-18-11(2)16(15)20-10-12-5-4-6-14(17)7-12/h4-8,19H,3,9-10,17H2,1-2H3. The molecule has 0 fully saturated rings. The number of ether oxygens (including phenoxy) is 1. The van der Waals surface area contributed by atoms with Gasteiger partial charge in [-0.1, -0.05) is 19.1 Å². The predicted molar refractivity (Wildman–Crippen MR) is 79.5 cm³/mol. The number of anilines is 1. The zero-order valence-electron chi connectivity index (χ0n) is 11.9. The third-order valence-corrected chi connectivity index (χ3v) is 3.26. The van der Waals surface area contributed by atoms with Gasteiger partial charge in [-0.15, -0.1) is 0 Å². The van der Waals surface area contributed by atoms with E-state index in [2.05, 4.69) is 4.98 Å². The Morgan fingerprint density at radius 2 is 2.15 bits per heavy atom. The van der Waals surface area contributed by atoms with E-state index in [-0.39, 0.29) is 6.61 Å². The topological polar surface area (TPSA) is 68.4 Å². The molecule has 0 atom stereocenters. The Morgan fingerprint density at radius 1 is 1.35 bits per heavy atom. The number of pyridine rings is 1. The molecule has 2 rings (SSSR count). The third kappa shape index (κ3) is 3.08. The smallest absolute Gasteiger partial charge is 0.144 e. The first-order chi connectivity index (χ1) is 9.65. The van der Waals surface area contributed by atoms with Gasteiger partial charge < -0.3 is 15.6 Å². The first-order valence-corrected chi connectivity index (χ1v) is 6.71. The number of aromatic nitrogens is 1. The van der Waals surface area contributed by atoms with Crippen molar-refractivity contribution in [3.05, 3.63) is 52.8 Å². The Hall–Kier alpha value is -2.07. The molecule has 0 aliphatic heterocycles. The molecule has 2 aromatic rings. The lowest BCUT2D eigenvalue weighted by Crippen LogP contribution is -2.05. The Balaban J connectivity index is 2.24. The summed E-state index contributed by atoms with van der Waals surface area (Å²) in [5, 5.41) is 9.37. The molecule has 0 bridgehead atoms. The molecule has 4 heteroatoms. The quantitative estimate of drug-likeness (QED) is 0.821. The van der Waals surface area contributed by atoms with Crippen LogP contribution in [0, 0.1) is 6.92 Å². The van der Waals surface area contributed by atoms with Gasteiger partial charge in [0.05, 0.1) is 12.3 Å². The van der Waals surface area contributed by atoms with E-state index in [4.69, 9.17) is 10.5 Å². The van der Waals surface area contributed by atoms with Crippen LogP contribution in [-0.4, -0.2) is 10.1 Å². The maximum atomic E-state index is 9.37. The fourth-order valence-corrected chi connectivity index (χ4v) is 2.23. The summed E-state index contributed by atoms with van der Waals surface area (Å²) >= 11 is 0. The van der Waals surface area contributed by atoms with Gasteiger partial charge in [0, 0.05) is 23.0 Å². The van der Waals surface area contributed by atoms with Gasteiger partial charge in [0.15, 0.2) is 0 Å². The van der Waals surface area contributed by atoms with Crippen LogP contribution in [0.5, 0.6) is 5.75 Å². The highest BCUT2D eigenvalue weighted by Crippen LogP contribution is 2.27. The molecule has 20 heavy (non-hydrogen) atoms. The van der Waals surface area contributed by atoms with Crippen molar-refractivity contribution in [2.24, 2.45) is 0 Å². The maximum absolute atomic E-state index is 9.37. The van der Waals surface area contributed by atoms with Crippen LogP contribution in [0.15, 0.2) is 30.5 Å². The lowest BCUT2D eigenvalue weighted by atomic mass is 10.1. The Kier molecular flexibility index (Phi) is 4.58. The lowest BCUT2D eigenvalue weighted by molar-refractivity contribution is 0.273. The van der Waals surface area contributed by atoms with Crippen LogP contribution in [0.25, 0.3) is 0 Å². The second-order valence-electron chi connectivity index (χ2n) is 4.72. The average Bonchev–Trinajstić information content (AvgIpc) is 2.45. The zero-order chi connectivity index (χ0) is 14.5. The van der Waals surface area contributed by atoms with Gasteiger partial charge in [-0.05, 0) is 31.0 Å². The van der Waals surface area contributed by atoms with Crippen molar-refractivity contribution in [3.8, 4) is 5.75 Å². The van der Waals surface area contributed by atoms with Gasteiger partial charge in [0.1, 0.15) is 12.4 Å². The molecular formula is C16H20N2O2. The van der Waals surface area contributed by atoms with Crippen molar-refractivity contribution in [2.75, 3.05) is 5.73 Å². The summed E-state index contributed by atoms with van der Waals surface area (Å²) in [4.78, 5) is 4.28. The second kappa shape index (κ2) is 6.39. The van der Waals surface area contributed by atoms with Crippen LogP contribution in [0.4, 0.5) is 5.69 Å². The van der Waals surface area contributed by atoms with E-state index in [0.717, 1.165) is 40.2 Å². The maximum Gasteiger partial charge on any atom is 0.144 e. The minimum Gasteiger partial charge on any atom is -0.487 e. The van der Waals surface area contributed by atoms with Gasteiger partial charge in [-0.3, -0.25) is 4.98 Å². The van der Waals surface area contributed by atoms with Crippen LogP contribution in [0.1, 0.15) is 29.3 Å². The highest BCUT2D eigenvalue weighted by Gasteiger charge is 2.12. The van der Waals surface area contributed by atoms with Crippen LogP contribution in [0.3, 0.4) is 0 Å². The molecule has 0 unspecified atom stereocenters. The molecule has 106 valence electrons. The van der Waals surface area contributed by atoms with E-state index < -0.39 is 0 Å². The SMILES string of the molecule is CCc1c(CO)cnc(C)c1OCc1cccc(N)c1. The number of nitrogens with two attached hydrogens (primary N) is 1. The predicted octanol–water partition coefficient (Wildman–Crippen LogP) is 2.61. The fraction of sp³-hybridized carbons (Fsp3) is 0.312. The highest BCUT2D eigenvalue weighted by atomic mass is 16.5. The summed E-state index contributed by atoms with van der Waals surface area (Å²) < 4.78 is 5.91. The number of rotatable bonds is 5. The molecule has 0 aliphatic carbocycles. The van der Waals surface area contributed by atoms with Crippen LogP contribution >= 0.6 is 0 Å². The summed E-state index contributed by atoms with van der Waals surface area (Å²) in [5.74, 6) is 0.765. The molecule has 4 nitrogen and oxygen atoms in total. The molecule has 1 aromatic carbocycles. The molecule has 1 aromatic heterocycles. The number of benzene rings is 1. The normalized spacial score (nSPS) is 10.6. The summed E-state index contributed by atoms with van der Waals surface area (Å²) in [5.41, 5.74) is 10.2. The number of aryl methyl sites for hydroxylation is 1. The van der Waals surface area contributed by atoms with Crippen LogP contribution < -0.4 is 10.5 Å². The average molecular weight is 272 g/mol. The van der Waals surface area contributed by atoms with Crippen molar-refractivity contribution >= 4 is 5.69 Å². The molecule has 0 saturated carbocycles. The van der Waals surface area contributed by atoms with Gasteiger partial charge in [0.25, 0.3) is 0 Å². The zero-order valence-corrected chi connectivity index (χ0v) is 11.9. The van der Waals surface area contributed by atoms with Crippen molar-refractivity contribution in [2.45, 2.75) is 33.5 Å². The van der Waals surface area contributed by atoms with E-state index in [9.17, 15) is 5.11 Å². The fourth-order valence-electron chi connectivity index (χ4n) is 2.23. The number of nitrogens with zero attached hydrogens (tertiary/aromatic N) is 1. The number of hydrogen-bond acceptors (Lipinski definition) is 4. The summed E-state index contributed by atoms with van der Waals surface area (Å²) in [6, 6.07) is 7.62. The molecule has 1 heterocycles. The Morgan fingerprint density at radius 3 is 2.80 bits per heavy atom.